The van der Waals surface area contributed by atoms with Crippen LogP contribution in [0.4, 0.5) is 0 Å². The Morgan fingerprint density at radius 1 is 1.44 bits per heavy atom. The zero-order chi connectivity index (χ0) is 12.8. The minimum atomic E-state index is -0.216. The van der Waals surface area contributed by atoms with Gasteiger partial charge in [0.1, 0.15) is 5.75 Å². The molecule has 1 aliphatic rings. The standard InChI is InChI=1S/C14H22N2O2/c1-2-18-13-5-3-4-11(6-13)7-15-8-12-9-16-10-14(12)17/h3-6,12,14-17H,2,7-10H2,1H3. The Morgan fingerprint density at radius 2 is 2.33 bits per heavy atom. The van der Waals surface area contributed by atoms with Gasteiger partial charge in [0.2, 0.25) is 0 Å². The SMILES string of the molecule is CCOc1cccc(CNCC2CNCC2O)c1. The molecule has 1 heterocycles. The second-order valence-electron chi connectivity index (χ2n) is 4.70. The van der Waals surface area contributed by atoms with Gasteiger partial charge >= 0.3 is 0 Å². The molecule has 0 saturated carbocycles. The van der Waals surface area contributed by atoms with Crippen LogP contribution in [0.2, 0.25) is 0 Å². The van der Waals surface area contributed by atoms with Gasteiger partial charge in [-0.2, -0.15) is 0 Å². The average Bonchev–Trinajstić information content (AvgIpc) is 2.76. The molecule has 1 aromatic carbocycles. The molecular formula is C14H22N2O2. The minimum Gasteiger partial charge on any atom is -0.494 e. The third-order valence-electron chi connectivity index (χ3n) is 3.25. The van der Waals surface area contributed by atoms with Gasteiger partial charge in [0.05, 0.1) is 12.7 Å². The summed E-state index contributed by atoms with van der Waals surface area (Å²) < 4.78 is 5.47. The molecular weight excluding hydrogens is 228 g/mol. The van der Waals surface area contributed by atoms with Crippen molar-refractivity contribution in [2.45, 2.75) is 19.6 Å². The first kappa shape index (κ1) is 13.3. The third-order valence-corrected chi connectivity index (χ3v) is 3.25. The molecule has 3 N–H and O–H groups in total. The van der Waals surface area contributed by atoms with E-state index in [1.54, 1.807) is 0 Å². The fourth-order valence-electron chi connectivity index (χ4n) is 2.24. The summed E-state index contributed by atoms with van der Waals surface area (Å²) in [5.74, 6) is 1.24. The molecule has 0 aliphatic carbocycles. The van der Waals surface area contributed by atoms with E-state index in [1.165, 1.54) is 5.56 Å². The smallest absolute Gasteiger partial charge is 0.119 e. The predicted molar refractivity (Wildman–Crippen MR) is 71.7 cm³/mol. The van der Waals surface area contributed by atoms with Crippen molar-refractivity contribution >= 4 is 0 Å². The van der Waals surface area contributed by atoms with Gasteiger partial charge in [-0.05, 0) is 24.6 Å². The van der Waals surface area contributed by atoms with Gasteiger partial charge in [-0.3, -0.25) is 0 Å². The van der Waals surface area contributed by atoms with E-state index in [-0.39, 0.29) is 6.10 Å². The molecule has 1 fully saturated rings. The van der Waals surface area contributed by atoms with E-state index in [9.17, 15) is 5.11 Å². The summed E-state index contributed by atoms with van der Waals surface area (Å²) in [4.78, 5) is 0. The second-order valence-corrected chi connectivity index (χ2v) is 4.70. The van der Waals surface area contributed by atoms with Gasteiger partial charge < -0.3 is 20.5 Å². The Labute approximate surface area is 108 Å². The summed E-state index contributed by atoms with van der Waals surface area (Å²) in [6, 6.07) is 8.12. The second kappa shape index (κ2) is 6.73. The molecule has 2 unspecified atom stereocenters. The van der Waals surface area contributed by atoms with E-state index in [4.69, 9.17) is 4.74 Å². The summed E-state index contributed by atoms with van der Waals surface area (Å²) >= 11 is 0. The number of benzene rings is 1. The molecule has 18 heavy (non-hydrogen) atoms. The molecule has 2 rings (SSSR count). The van der Waals surface area contributed by atoms with Gasteiger partial charge in [0.15, 0.2) is 0 Å². The molecule has 0 spiro atoms. The minimum absolute atomic E-state index is 0.216. The molecule has 1 aliphatic heterocycles. The van der Waals surface area contributed by atoms with E-state index in [0.29, 0.717) is 19.1 Å². The highest BCUT2D eigenvalue weighted by atomic mass is 16.5. The van der Waals surface area contributed by atoms with Crippen LogP contribution in [0.5, 0.6) is 5.75 Å². The van der Waals surface area contributed by atoms with Gasteiger partial charge in [0.25, 0.3) is 0 Å². The maximum atomic E-state index is 9.68. The number of aliphatic hydroxyl groups is 1. The molecule has 1 saturated heterocycles. The van der Waals surface area contributed by atoms with Gasteiger partial charge in [-0.15, -0.1) is 0 Å². The number of rotatable bonds is 6. The Bertz CT molecular complexity index is 371. The number of aliphatic hydroxyl groups excluding tert-OH is 1. The van der Waals surface area contributed by atoms with Crippen LogP contribution in [-0.4, -0.2) is 37.5 Å². The zero-order valence-corrected chi connectivity index (χ0v) is 10.9. The lowest BCUT2D eigenvalue weighted by Gasteiger charge is -2.14. The first-order valence-electron chi connectivity index (χ1n) is 6.61. The lowest BCUT2D eigenvalue weighted by Crippen LogP contribution is -2.30. The van der Waals surface area contributed by atoms with Gasteiger partial charge in [-0.1, -0.05) is 12.1 Å². The van der Waals surface area contributed by atoms with E-state index in [0.717, 1.165) is 25.4 Å². The average molecular weight is 250 g/mol. The maximum absolute atomic E-state index is 9.68. The van der Waals surface area contributed by atoms with Crippen LogP contribution in [0.15, 0.2) is 24.3 Å². The number of hydrogen-bond acceptors (Lipinski definition) is 4. The fourth-order valence-corrected chi connectivity index (χ4v) is 2.24. The Kier molecular flexibility index (Phi) is 4.99. The van der Waals surface area contributed by atoms with Crippen molar-refractivity contribution in [1.29, 1.82) is 0 Å². The van der Waals surface area contributed by atoms with Crippen molar-refractivity contribution in [2.75, 3.05) is 26.2 Å². The Morgan fingerprint density at radius 3 is 3.06 bits per heavy atom. The van der Waals surface area contributed by atoms with Crippen LogP contribution in [0.25, 0.3) is 0 Å². The van der Waals surface area contributed by atoms with Crippen LogP contribution in [0.3, 0.4) is 0 Å². The van der Waals surface area contributed by atoms with Crippen LogP contribution in [-0.2, 0) is 6.54 Å². The first-order chi connectivity index (χ1) is 8.79. The van der Waals surface area contributed by atoms with Crippen molar-refractivity contribution in [3.05, 3.63) is 29.8 Å². The fraction of sp³-hybridized carbons (Fsp3) is 0.571. The van der Waals surface area contributed by atoms with E-state index in [2.05, 4.69) is 22.8 Å². The first-order valence-corrected chi connectivity index (χ1v) is 6.61. The number of hydrogen-bond donors (Lipinski definition) is 3. The number of β-amino-alcohol motifs (C(OH)–C–C–N with tert-alkyl or cyclic N) is 1. The number of nitrogens with one attached hydrogen (secondary N) is 2. The van der Waals surface area contributed by atoms with Gasteiger partial charge in [0, 0.05) is 32.1 Å². The lowest BCUT2D eigenvalue weighted by molar-refractivity contribution is 0.146. The normalized spacial score (nSPS) is 23.2. The van der Waals surface area contributed by atoms with Crippen molar-refractivity contribution in [3.63, 3.8) is 0 Å². The highest BCUT2D eigenvalue weighted by Gasteiger charge is 2.23. The quantitative estimate of drug-likeness (QED) is 0.697. The predicted octanol–water partition coefficient (Wildman–Crippen LogP) is 0.755. The monoisotopic (exact) mass is 250 g/mol. The molecule has 100 valence electrons. The topological polar surface area (TPSA) is 53.5 Å². The lowest BCUT2D eigenvalue weighted by atomic mass is 10.1. The van der Waals surface area contributed by atoms with Crippen molar-refractivity contribution < 1.29 is 9.84 Å². The summed E-state index contributed by atoms with van der Waals surface area (Å²) in [6.07, 6.45) is -0.216. The maximum Gasteiger partial charge on any atom is 0.119 e. The summed E-state index contributed by atoms with van der Waals surface area (Å²) in [5, 5.41) is 16.3. The molecule has 2 atom stereocenters. The summed E-state index contributed by atoms with van der Waals surface area (Å²) in [7, 11) is 0. The van der Waals surface area contributed by atoms with Crippen molar-refractivity contribution in [1.82, 2.24) is 10.6 Å². The van der Waals surface area contributed by atoms with Crippen LogP contribution < -0.4 is 15.4 Å². The largest absolute Gasteiger partial charge is 0.494 e. The highest BCUT2D eigenvalue weighted by molar-refractivity contribution is 5.28. The van der Waals surface area contributed by atoms with Crippen molar-refractivity contribution in [2.24, 2.45) is 5.92 Å². The molecule has 4 nitrogen and oxygen atoms in total. The van der Waals surface area contributed by atoms with Gasteiger partial charge in [-0.25, -0.2) is 0 Å². The molecule has 0 aromatic heterocycles. The molecule has 4 heteroatoms. The summed E-state index contributed by atoms with van der Waals surface area (Å²) in [6.45, 7) is 5.94. The third kappa shape index (κ3) is 3.70. The molecule has 1 aromatic rings. The van der Waals surface area contributed by atoms with Crippen LogP contribution in [0.1, 0.15) is 12.5 Å². The molecule has 0 radical (unpaired) electrons. The highest BCUT2D eigenvalue weighted by Crippen LogP contribution is 2.13. The zero-order valence-electron chi connectivity index (χ0n) is 10.9. The van der Waals surface area contributed by atoms with E-state index in [1.807, 2.05) is 19.1 Å². The Balaban J connectivity index is 1.77. The van der Waals surface area contributed by atoms with Crippen LogP contribution in [0, 0.1) is 5.92 Å². The van der Waals surface area contributed by atoms with Crippen molar-refractivity contribution in [3.8, 4) is 5.75 Å². The Hall–Kier alpha value is -1.10. The molecule has 0 bridgehead atoms. The van der Waals surface area contributed by atoms with Crippen LogP contribution >= 0.6 is 0 Å². The molecule has 0 amide bonds. The van der Waals surface area contributed by atoms with E-state index < -0.39 is 0 Å². The summed E-state index contributed by atoms with van der Waals surface area (Å²) in [5.41, 5.74) is 1.21. The number of ether oxygens (including phenoxy) is 1. The van der Waals surface area contributed by atoms with E-state index >= 15 is 0 Å².